The van der Waals surface area contributed by atoms with Crippen LogP contribution in [0.2, 0.25) is 0 Å². The smallest absolute Gasteiger partial charge is 0.0744 e. The number of piperidine rings is 1. The predicted octanol–water partition coefficient (Wildman–Crippen LogP) is 0.808. The van der Waals surface area contributed by atoms with Gasteiger partial charge in [0.2, 0.25) is 0 Å². The van der Waals surface area contributed by atoms with Crippen molar-refractivity contribution in [2.24, 2.45) is 0 Å². The Kier molecular flexibility index (Phi) is 3.35. The minimum atomic E-state index is -0.637. The van der Waals surface area contributed by atoms with Gasteiger partial charge in [0.05, 0.1) is 5.88 Å². The molecule has 1 fully saturated rings. The van der Waals surface area contributed by atoms with E-state index >= 15 is 0 Å². The highest BCUT2D eigenvalue weighted by molar-refractivity contribution is 7.84. The molecule has 0 aliphatic carbocycles. The molecule has 60 valence electrons. The van der Waals surface area contributed by atoms with Gasteiger partial charge in [0, 0.05) is 17.1 Å². The zero-order valence-electron chi connectivity index (χ0n) is 6.51. The van der Waals surface area contributed by atoms with Crippen LogP contribution in [0.15, 0.2) is 0 Å². The lowest BCUT2D eigenvalue weighted by molar-refractivity contribution is 0.264. The van der Waals surface area contributed by atoms with E-state index in [4.69, 9.17) is 0 Å². The van der Waals surface area contributed by atoms with E-state index in [9.17, 15) is 4.21 Å². The second-order valence-electron chi connectivity index (χ2n) is 2.88. The fourth-order valence-corrected chi connectivity index (χ4v) is 2.12. The second-order valence-corrected chi connectivity index (χ2v) is 4.29. The second kappa shape index (κ2) is 4.09. The molecular formula is C7H15NOS. The van der Waals surface area contributed by atoms with Crippen molar-refractivity contribution in [1.82, 2.24) is 4.90 Å². The largest absolute Gasteiger partial charge is 0.292 e. The highest BCUT2D eigenvalue weighted by Gasteiger charge is 2.09. The summed E-state index contributed by atoms with van der Waals surface area (Å²) in [4.78, 5) is 2.29. The molecule has 0 amide bonds. The molecule has 1 aliphatic rings. The van der Waals surface area contributed by atoms with E-state index in [0.717, 1.165) is 19.0 Å². The minimum absolute atomic E-state index is 0.637. The molecule has 1 heterocycles. The third-order valence-electron chi connectivity index (χ3n) is 1.81. The molecule has 0 spiro atoms. The van der Waals surface area contributed by atoms with Crippen molar-refractivity contribution >= 4 is 10.8 Å². The van der Waals surface area contributed by atoms with Crippen LogP contribution in [0.3, 0.4) is 0 Å². The van der Waals surface area contributed by atoms with Gasteiger partial charge in [0.25, 0.3) is 0 Å². The number of nitrogens with zero attached hydrogens (tertiary/aromatic N) is 1. The van der Waals surface area contributed by atoms with Crippen molar-refractivity contribution in [2.75, 3.05) is 25.2 Å². The van der Waals surface area contributed by atoms with Crippen LogP contribution in [0, 0.1) is 0 Å². The molecule has 1 unspecified atom stereocenters. The summed E-state index contributed by atoms with van der Waals surface area (Å²) in [5.74, 6) is 0.778. The normalized spacial score (nSPS) is 24.5. The topological polar surface area (TPSA) is 20.3 Å². The fourth-order valence-electron chi connectivity index (χ4n) is 1.35. The van der Waals surface area contributed by atoms with Gasteiger partial charge in [0.1, 0.15) is 0 Å². The summed E-state index contributed by atoms with van der Waals surface area (Å²) in [5, 5.41) is 0. The Hall–Kier alpha value is 0.110. The summed E-state index contributed by atoms with van der Waals surface area (Å²) < 4.78 is 10.8. The van der Waals surface area contributed by atoms with Crippen molar-refractivity contribution in [3.8, 4) is 0 Å². The van der Waals surface area contributed by atoms with Crippen LogP contribution in [-0.4, -0.2) is 34.3 Å². The molecule has 0 aromatic carbocycles. The molecule has 0 N–H and O–H groups in total. The summed E-state index contributed by atoms with van der Waals surface area (Å²) in [6.45, 7) is 2.30. The SMILES string of the molecule is CS(=O)CN1CCCCC1. The van der Waals surface area contributed by atoms with Gasteiger partial charge >= 0.3 is 0 Å². The van der Waals surface area contributed by atoms with Crippen LogP contribution in [-0.2, 0) is 10.8 Å². The number of likely N-dealkylation sites (tertiary alicyclic amines) is 1. The summed E-state index contributed by atoms with van der Waals surface area (Å²) in [6, 6.07) is 0. The molecule has 1 rings (SSSR count). The fraction of sp³-hybridized carbons (Fsp3) is 1.00. The van der Waals surface area contributed by atoms with Crippen molar-refractivity contribution in [1.29, 1.82) is 0 Å². The Morgan fingerprint density at radius 2 is 1.90 bits per heavy atom. The molecule has 0 aromatic heterocycles. The van der Waals surface area contributed by atoms with Gasteiger partial charge in [-0.1, -0.05) is 6.42 Å². The first kappa shape index (κ1) is 8.21. The first-order chi connectivity index (χ1) is 4.79. The van der Waals surface area contributed by atoms with Crippen molar-refractivity contribution in [2.45, 2.75) is 19.3 Å². The molecule has 1 saturated heterocycles. The standard InChI is InChI=1S/C7H15NOS/c1-10(9)7-8-5-3-2-4-6-8/h2-7H2,1H3. The lowest BCUT2D eigenvalue weighted by Crippen LogP contribution is -2.32. The van der Waals surface area contributed by atoms with E-state index in [1.165, 1.54) is 19.3 Å². The van der Waals surface area contributed by atoms with Crippen LogP contribution in [0.25, 0.3) is 0 Å². The van der Waals surface area contributed by atoms with Crippen LogP contribution < -0.4 is 0 Å². The van der Waals surface area contributed by atoms with E-state index in [2.05, 4.69) is 4.90 Å². The average Bonchev–Trinajstić information content (AvgIpc) is 1.88. The third kappa shape index (κ3) is 2.80. The molecule has 10 heavy (non-hydrogen) atoms. The highest BCUT2D eigenvalue weighted by Crippen LogP contribution is 2.07. The summed E-state index contributed by atoms with van der Waals surface area (Å²) in [5.41, 5.74) is 0. The maximum absolute atomic E-state index is 10.8. The van der Waals surface area contributed by atoms with Crippen molar-refractivity contribution in [3.05, 3.63) is 0 Å². The van der Waals surface area contributed by atoms with Crippen LogP contribution in [0.4, 0.5) is 0 Å². The first-order valence-electron chi connectivity index (χ1n) is 3.81. The van der Waals surface area contributed by atoms with Crippen LogP contribution >= 0.6 is 0 Å². The minimum Gasteiger partial charge on any atom is -0.292 e. The highest BCUT2D eigenvalue weighted by atomic mass is 32.2. The molecule has 1 aliphatic heterocycles. The van der Waals surface area contributed by atoms with Crippen molar-refractivity contribution < 1.29 is 4.21 Å². The van der Waals surface area contributed by atoms with E-state index in [1.54, 1.807) is 6.26 Å². The maximum atomic E-state index is 10.8. The van der Waals surface area contributed by atoms with Gasteiger partial charge in [-0.3, -0.25) is 9.11 Å². The van der Waals surface area contributed by atoms with Gasteiger partial charge in [-0.25, -0.2) is 0 Å². The third-order valence-corrected chi connectivity index (χ3v) is 2.54. The van der Waals surface area contributed by atoms with Crippen LogP contribution in [0.5, 0.6) is 0 Å². The first-order valence-corrected chi connectivity index (χ1v) is 5.54. The van der Waals surface area contributed by atoms with E-state index in [1.807, 2.05) is 0 Å². The molecule has 0 bridgehead atoms. The summed E-state index contributed by atoms with van der Waals surface area (Å²) in [7, 11) is -0.637. The molecular weight excluding hydrogens is 146 g/mol. The number of rotatable bonds is 2. The summed E-state index contributed by atoms with van der Waals surface area (Å²) >= 11 is 0. The van der Waals surface area contributed by atoms with Crippen molar-refractivity contribution in [3.63, 3.8) is 0 Å². The van der Waals surface area contributed by atoms with Crippen LogP contribution in [0.1, 0.15) is 19.3 Å². The zero-order chi connectivity index (χ0) is 7.40. The Morgan fingerprint density at radius 1 is 1.30 bits per heavy atom. The monoisotopic (exact) mass is 161 g/mol. The average molecular weight is 161 g/mol. The predicted molar refractivity (Wildman–Crippen MR) is 44.4 cm³/mol. The Bertz CT molecular complexity index is 121. The molecule has 2 nitrogen and oxygen atoms in total. The van der Waals surface area contributed by atoms with E-state index < -0.39 is 10.8 Å². The van der Waals surface area contributed by atoms with E-state index in [-0.39, 0.29) is 0 Å². The lowest BCUT2D eigenvalue weighted by Gasteiger charge is -2.24. The molecule has 0 saturated carbocycles. The molecule has 0 aromatic rings. The van der Waals surface area contributed by atoms with E-state index in [0.29, 0.717) is 0 Å². The number of hydrogen-bond acceptors (Lipinski definition) is 2. The van der Waals surface area contributed by atoms with Gasteiger partial charge < -0.3 is 0 Å². The molecule has 3 heteroatoms. The number of hydrogen-bond donors (Lipinski definition) is 0. The van der Waals surface area contributed by atoms with Gasteiger partial charge in [-0.15, -0.1) is 0 Å². The molecule has 0 radical (unpaired) electrons. The Balaban J connectivity index is 2.19. The lowest BCUT2D eigenvalue weighted by atomic mass is 10.1. The van der Waals surface area contributed by atoms with Gasteiger partial charge in [-0.05, 0) is 25.9 Å². The van der Waals surface area contributed by atoms with Gasteiger partial charge in [-0.2, -0.15) is 0 Å². The summed E-state index contributed by atoms with van der Waals surface area (Å²) in [6.07, 6.45) is 5.70. The zero-order valence-corrected chi connectivity index (χ0v) is 7.32. The molecule has 1 atom stereocenters. The quantitative estimate of drug-likeness (QED) is 0.597. The Morgan fingerprint density at radius 3 is 2.40 bits per heavy atom. The Labute approximate surface area is 65.1 Å². The van der Waals surface area contributed by atoms with Gasteiger partial charge in [0.15, 0.2) is 0 Å². The maximum Gasteiger partial charge on any atom is 0.0744 e.